The van der Waals surface area contributed by atoms with E-state index in [4.69, 9.17) is 5.73 Å². The van der Waals surface area contributed by atoms with Crippen molar-refractivity contribution in [3.8, 4) is 0 Å². The number of carbonyl (C=O) groups excluding carboxylic acids is 1. The molecule has 2 rings (SSSR count). The lowest BCUT2D eigenvalue weighted by Gasteiger charge is -2.35. The number of nitrogens with one attached hydrogen (secondary N) is 1. The van der Waals surface area contributed by atoms with E-state index in [1.807, 2.05) is 0 Å². The minimum absolute atomic E-state index is 0.0932. The van der Waals surface area contributed by atoms with Gasteiger partial charge < -0.3 is 11.1 Å². The Morgan fingerprint density at radius 2 is 1.93 bits per heavy atom. The van der Waals surface area contributed by atoms with Gasteiger partial charge in [0.2, 0.25) is 5.91 Å². The molecule has 1 aliphatic carbocycles. The van der Waals surface area contributed by atoms with E-state index in [1.54, 1.807) is 0 Å². The van der Waals surface area contributed by atoms with E-state index in [0.29, 0.717) is 18.4 Å². The maximum Gasteiger partial charge on any atom is 0.221 e. The lowest BCUT2D eigenvalue weighted by Crippen LogP contribution is -2.50. The molecule has 14 heavy (non-hydrogen) atoms. The lowest BCUT2D eigenvalue weighted by atomic mass is 9.80. The van der Waals surface area contributed by atoms with Gasteiger partial charge in [-0.15, -0.1) is 0 Å². The largest absolute Gasteiger partial charge is 0.353 e. The standard InChI is InChI=1S/C11H20N2O/c12-9-6-10(13-11(14)7-9)8-4-2-1-3-5-8/h8-10H,1-7,12H2,(H,13,14). The Kier molecular flexibility index (Phi) is 3.06. The molecule has 1 aliphatic heterocycles. The second kappa shape index (κ2) is 4.30. The molecule has 0 aromatic carbocycles. The van der Waals surface area contributed by atoms with Gasteiger partial charge in [-0.05, 0) is 25.2 Å². The van der Waals surface area contributed by atoms with Crippen molar-refractivity contribution in [3.05, 3.63) is 0 Å². The number of carbonyl (C=O) groups is 1. The van der Waals surface area contributed by atoms with E-state index in [2.05, 4.69) is 5.32 Å². The van der Waals surface area contributed by atoms with Crippen LogP contribution in [0.4, 0.5) is 0 Å². The van der Waals surface area contributed by atoms with Gasteiger partial charge in [0.15, 0.2) is 0 Å². The summed E-state index contributed by atoms with van der Waals surface area (Å²) in [5, 5.41) is 3.10. The van der Waals surface area contributed by atoms with E-state index >= 15 is 0 Å². The van der Waals surface area contributed by atoms with Crippen molar-refractivity contribution in [1.29, 1.82) is 0 Å². The molecule has 0 aromatic rings. The molecule has 1 heterocycles. The summed E-state index contributed by atoms with van der Waals surface area (Å²) in [4.78, 5) is 11.3. The van der Waals surface area contributed by atoms with Crippen molar-refractivity contribution in [2.75, 3.05) is 0 Å². The molecule has 80 valence electrons. The molecule has 3 N–H and O–H groups in total. The lowest BCUT2D eigenvalue weighted by molar-refractivity contribution is -0.124. The third-order valence-corrected chi connectivity index (χ3v) is 3.57. The molecule has 1 saturated carbocycles. The minimum atomic E-state index is 0.0932. The van der Waals surface area contributed by atoms with Crippen LogP contribution in [0.5, 0.6) is 0 Å². The van der Waals surface area contributed by atoms with Crippen LogP contribution in [0.2, 0.25) is 0 Å². The van der Waals surface area contributed by atoms with Crippen molar-refractivity contribution >= 4 is 5.91 Å². The number of hydrogen-bond donors (Lipinski definition) is 2. The number of amides is 1. The summed E-state index contributed by atoms with van der Waals surface area (Å²) in [6.07, 6.45) is 8.07. The van der Waals surface area contributed by atoms with Gasteiger partial charge in [0.1, 0.15) is 0 Å². The van der Waals surface area contributed by atoms with Crippen LogP contribution in [-0.2, 0) is 4.79 Å². The molecular weight excluding hydrogens is 176 g/mol. The zero-order chi connectivity index (χ0) is 9.97. The quantitative estimate of drug-likeness (QED) is 0.661. The molecule has 2 atom stereocenters. The van der Waals surface area contributed by atoms with E-state index in [-0.39, 0.29) is 11.9 Å². The summed E-state index contributed by atoms with van der Waals surface area (Å²) in [5.74, 6) is 0.846. The Labute approximate surface area is 85.4 Å². The Hall–Kier alpha value is -0.570. The molecule has 1 saturated heterocycles. The Morgan fingerprint density at radius 3 is 2.57 bits per heavy atom. The fourth-order valence-corrected chi connectivity index (χ4v) is 2.82. The summed E-state index contributed by atoms with van der Waals surface area (Å²) in [6.45, 7) is 0. The zero-order valence-electron chi connectivity index (χ0n) is 8.67. The Bertz CT molecular complexity index is 211. The molecular formula is C11H20N2O. The Balaban J connectivity index is 1.91. The normalized spacial score (nSPS) is 35.4. The predicted molar refractivity (Wildman–Crippen MR) is 55.7 cm³/mol. The van der Waals surface area contributed by atoms with E-state index in [9.17, 15) is 4.79 Å². The van der Waals surface area contributed by atoms with E-state index in [0.717, 1.165) is 6.42 Å². The van der Waals surface area contributed by atoms with Gasteiger partial charge in [0.25, 0.3) is 0 Å². The molecule has 3 nitrogen and oxygen atoms in total. The highest BCUT2D eigenvalue weighted by Crippen LogP contribution is 2.29. The van der Waals surface area contributed by atoms with Crippen LogP contribution in [0.3, 0.4) is 0 Å². The predicted octanol–water partition coefficient (Wildman–Crippen LogP) is 1.17. The first-order chi connectivity index (χ1) is 6.75. The highest BCUT2D eigenvalue weighted by molar-refractivity contribution is 5.77. The van der Waals surface area contributed by atoms with Gasteiger partial charge >= 0.3 is 0 Å². The maximum atomic E-state index is 11.3. The van der Waals surface area contributed by atoms with Gasteiger partial charge in [-0.2, -0.15) is 0 Å². The number of hydrogen-bond acceptors (Lipinski definition) is 2. The second-order valence-corrected chi connectivity index (χ2v) is 4.77. The smallest absolute Gasteiger partial charge is 0.221 e. The average molecular weight is 196 g/mol. The summed E-state index contributed by atoms with van der Waals surface area (Å²) < 4.78 is 0. The van der Waals surface area contributed by atoms with Gasteiger partial charge in [-0.3, -0.25) is 4.79 Å². The third kappa shape index (κ3) is 2.27. The van der Waals surface area contributed by atoms with Crippen LogP contribution < -0.4 is 11.1 Å². The molecule has 1 amide bonds. The van der Waals surface area contributed by atoms with Crippen LogP contribution >= 0.6 is 0 Å². The van der Waals surface area contributed by atoms with Crippen LogP contribution in [-0.4, -0.2) is 18.0 Å². The number of piperidine rings is 1. The topological polar surface area (TPSA) is 55.1 Å². The zero-order valence-corrected chi connectivity index (χ0v) is 8.67. The molecule has 0 bridgehead atoms. The fraction of sp³-hybridized carbons (Fsp3) is 0.909. The highest BCUT2D eigenvalue weighted by Gasteiger charge is 2.30. The molecule has 2 fully saturated rings. The molecule has 0 radical (unpaired) electrons. The summed E-state index contributed by atoms with van der Waals surface area (Å²) in [7, 11) is 0. The minimum Gasteiger partial charge on any atom is -0.353 e. The first kappa shape index (κ1) is 9.97. The van der Waals surface area contributed by atoms with Crippen molar-refractivity contribution in [1.82, 2.24) is 5.32 Å². The van der Waals surface area contributed by atoms with Gasteiger partial charge in [-0.1, -0.05) is 19.3 Å². The summed E-state index contributed by atoms with van der Waals surface area (Å²) >= 11 is 0. The fourth-order valence-electron chi connectivity index (χ4n) is 2.82. The van der Waals surface area contributed by atoms with E-state index < -0.39 is 0 Å². The SMILES string of the molecule is NC1CC(=O)NC(C2CCCCC2)C1. The summed E-state index contributed by atoms with van der Waals surface area (Å²) in [6, 6.07) is 0.460. The van der Waals surface area contributed by atoms with Crippen LogP contribution in [0.25, 0.3) is 0 Å². The molecule has 2 aliphatic rings. The maximum absolute atomic E-state index is 11.3. The molecule has 0 aromatic heterocycles. The highest BCUT2D eigenvalue weighted by atomic mass is 16.1. The van der Waals surface area contributed by atoms with Crippen LogP contribution in [0.1, 0.15) is 44.9 Å². The molecule has 3 heteroatoms. The second-order valence-electron chi connectivity index (χ2n) is 4.77. The van der Waals surface area contributed by atoms with Gasteiger partial charge in [-0.25, -0.2) is 0 Å². The number of rotatable bonds is 1. The summed E-state index contributed by atoms with van der Waals surface area (Å²) in [5.41, 5.74) is 5.86. The van der Waals surface area contributed by atoms with Gasteiger partial charge in [0.05, 0.1) is 0 Å². The average Bonchev–Trinajstić information content (AvgIpc) is 2.18. The number of nitrogens with two attached hydrogens (primary N) is 1. The van der Waals surface area contributed by atoms with Crippen LogP contribution in [0, 0.1) is 5.92 Å². The first-order valence-electron chi connectivity index (χ1n) is 5.80. The monoisotopic (exact) mass is 196 g/mol. The van der Waals surface area contributed by atoms with Gasteiger partial charge in [0, 0.05) is 18.5 Å². The van der Waals surface area contributed by atoms with Crippen molar-refractivity contribution < 1.29 is 4.79 Å². The van der Waals surface area contributed by atoms with Crippen molar-refractivity contribution in [2.24, 2.45) is 11.7 Å². The Morgan fingerprint density at radius 1 is 1.21 bits per heavy atom. The molecule has 0 spiro atoms. The third-order valence-electron chi connectivity index (χ3n) is 3.57. The van der Waals surface area contributed by atoms with Crippen molar-refractivity contribution in [3.63, 3.8) is 0 Å². The molecule has 2 unspecified atom stereocenters. The van der Waals surface area contributed by atoms with E-state index in [1.165, 1.54) is 32.1 Å². The van der Waals surface area contributed by atoms with Crippen LogP contribution in [0.15, 0.2) is 0 Å². The first-order valence-corrected chi connectivity index (χ1v) is 5.80. The van der Waals surface area contributed by atoms with Crippen molar-refractivity contribution in [2.45, 2.75) is 57.0 Å².